The summed E-state index contributed by atoms with van der Waals surface area (Å²) in [5, 5.41) is 4.87. The Morgan fingerprint density at radius 3 is 2.51 bits per heavy atom. The zero-order valence-corrected chi connectivity index (χ0v) is 21.8. The molecule has 1 aliphatic heterocycles. The molecule has 0 unspecified atom stereocenters. The van der Waals surface area contributed by atoms with Gasteiger partial charge < -0.3 is 9.47 Å². The Morgan fingerprint density at radius 2 is 1.80 bits per heavy atom. The molecule has 35 heavy (non-hydrogen) atoms. The van der Waals surface area contributed by atoms with E-state index in [0.717, 1.165) is 48.2 Å². The second-order valence-electron chi connectivity index (χ2n) is 8.18. The third-order valence-electron chi connectivity index (χ3n) is 5.82. The van der Waals surface area contributed by atoms with E-state index in [9.17, 15) is 4.79 Å². The highest BCUT2D eigenvalue weighted by Gasteiger charge is 2.32. The van der Waals surface area contributed by atoms with Crippen LogP contribution in [0.5, 0.6) is 11.5 Å². The number of nitrogens with zero attached hydrogens (tertiary/aromatic N) is 3. The number of ether oxygens (including phenoxy) is 2. The van der Waals surface area contributed by atoms with E-state index in [4.69, 9.17) is 26.8 Å². The van der Waals surface area contributed by atoms with E-state index >= 15 is 0 Å². The smallest absolute Gasteiger partial charge is 0.266 e. The number of benzene rings is 2. The molecule has 0 aliphatic carbocycles. The van der Waals surface area contributed by atoms with Crippen molar-refractivity contribution in [1.29, 1.82) is 0 Å². The lowest BCUT2D eigenvalue weighted by Crippen LogP contribution is -2.29. The Hall–Kier alpha value is -3.10. The molecular formula is C27H29N3O3S2. The highest BCUT2D eigenvalue weighted by molar-refractivity contribution is 8.26. The number of thioether (sulfide) groups is 1. The van der Waals surface area contributed by atoms with E-state index in [1.54, 1.807) is 19.1 Å². The largest absolute Gasteiger partial charge is 0.493 e. The predicted octanol–water partition coefficient (Wildman–Crippen LogP) is 6.34. The second-order valence-corrected chi connectivity index (χ2v) is 9.85. The Bertz CT molecular complexity index is 1240. The lowest BCUT2D eigenvalue weighted by Gasteiger charge is -2.13. The van der Waals surface area contributed by atoms with Crippen LogP contribution in [-0.4, -0.2) is 45.7 Å². The van der Waals surface area contributed by atoms with Gasteiger partial charge in [-0.2, -0.15) is 5.10 Å². The number of methoxy groups -OCH3 is 2. The van der Waals surface area contributed by atoms with Crippen molar-refractivity contribution in [2.45, 2.75) is 32.6 Å². The summed E-state index contributed by atoms with van der Waals surface area (Å²) in [5.41, 5.74) is 3.35. The second kappa shape index (κ2) is 11.6. The lowest BCUT2D eigenvalue weighted by atomic mass is 10.1. The molecule has 0 atom stereocenters. The maximum atomic E-state index is 13.2. The van der Waals surface area contributed by atoms with E-state index in [2.05, 4.69) is 6.92 Å². The van der Waals surface area contributed by atoms with Gasteiger partial charge in [-0.1, -0.05) is 68.4 Å². The molecule has 8 heteroatoms. The number of rotatable bonds is 10. The van der Waals surface area contributed by atoms with Crippen molar-refractivity contribution in [2.75, 3.05) is 20.8 Å². The monoisotopic (exact) mass is 507 g/mol. The van der Waals surface area contributed by atoms with Gasteiger partial charge in [0.1, 0.15) is 10.0 Å². The molecular weight excluding hydrogens is 478 g/mol. The van der Waals surface area contributed by atoms with Crippen LogP contribution >= 0.6 is 24.0 Å². The minimum absolute atomic E-state index is 0.0396. The summed E-state index contributed by atoms with van der Waals surface area (Å²) in [6, 6.07) is 15.6. The maximum Gasteiger partial charge on any atom is 0.266 e. The normalized spacial score (nSPS) is 14.7. The summed E-state index contributed by atoms with van der Waals surface area (Å²) in [6.07, 6.45) is 8.20. The van der Waals surface area contributed by atoms with Gasteiger partial charge in [-0.15, -0.1) is 0 Å². The average Bonchev–Trinajstić information content (AvgIpc) is 3.42. The molecule has 1 saturated heterocycles. The van der Waals surface area contributed by atoms with Crippen LogP contribution in [0, 0.1) is 0 Å². The summed E-state index contributed by atoms with van der Waals surface area (Å²) in [5.74, 6) is 1.22. The van der Waals surface area contributed by atoms with Crippen LogP contribution in [0.1, 0.15) is 38.2 Å². The zero-order valence-electron chi connectivity index (χ0n) is 20.2. The van der Waals surface area contributed by atoms with Gasteiger partial charge in [0, 0.05) is 23.9 Å². The number of hydrogen-bond donors (Lipinski definition) is 0. The molecule has 4 rings (SSSR count). The predicted molar refractivity (Wildman–Crippen MR) is 146 cm³/mol. The molecule has 0 saturated carbocycles. The van der Waals surface area contributed by atoms with Crippen molar-refractivity contribution in [3.8, 4) is 28.4 Å². The van der Waals surface area contributed by atoms with Crippen LogP contribution in [0.25, 0.3) is 23.0 Å². The van der Waals surface area contributed by atoms with E-state index < -0.39 is 0 Å². The highest BCUT2D eigenvalue weighted by atomic mass is 32.2. The van der Waals surface area contributed by atoms with Crippen LogP contribution in [0.4, 0.5) is 0 Å². The maximum absolute atomic E-state index is 13.2. The van der Waals surface area contributed by atoms with Gasteiger partial charge in [0.05, 0.1) is 24.8 Å². The summed E-state index contributed by atoms with van der Waals surface area (Å²) >= 11 is 6.88. The van der Waals surface area contributed by atoms with Gasteiger partial charge in [-0.05, 0) is 42.8 Å². The van der Waals surface area contributed by atoms with Crippen molar-refractivity contribution in [3.63, 3.8) is 0 Å². The standard InChI is InChI=1S/C27H29N3O3S2/c1-4-5-6-10-15-29-26(31)24(35-27(29)34)17-20-18-30(21-11-8-7-9-12-21)28-25(20)19-13-14-22(32-2)23(16-19)33-3/h7-9,11-14,16-18H,4-6,10,15H2,1-3H3. The lowest BCUT2D eigenvalue weighted by molar-refractivity contribution is -0.122. The van der Waals surface area contributed by atoms with E-state index in [0.29, 0.717) is 27.3 Å². The first-order valence-electron chi connectivity index (χ1n) is 11.7. The van der Waals surface area contributed by atoms with Crippen LogP contribution in [0.2, 0.25) is 0 Å². The minimum Gasteiger partial charge on any atom is -0.493 e. The minimum atomic E-state index is -0.0396. The summed E-state index contributed by atoms with van der Waals surface area (Å²) < 4.78 is 13.3. The van der Waals surface area contributed by atoms with E-state index in [1.807, 2.05) is 65.5 Å². The molecule has 0 bridgehead atoms. The molecule has 3 aromatic rings. The van der Waals surface area contributed by atoms with E-state index in [1.165, 1.54) is 11.8 Å². The number of thiocarbonyl (C=S) groups is 1. The van der Waals surface area contributed by atoms with Gasteiger partial charge >= 0.3 is 0 Å². The van der Waals surface area contributed by atoms with Gasteiger partial charge in [-0.25, -0.2) is 4.68 Å². The Balaban J connectivity index is 1.71. The fraction of sp³-hybridized carbons (Fsp3) is 0.296. The van der Waals surface area contributed by atoms with Crippen molar-refractivity contribution in [3.05, 3.63) is 65.2 Å². The number of carbonyl (C=O) groups is 1. The van der Waals surface area contributed by atoms with Gasteiger partial charge in [0.25, 0.3) is 5.91 Å². The van der Waals surface area contributed by atoms with Crippen molar-refractivity contribution < 1.29 is 14.3 Å². The van der Waals surface area contributed by atoms with Crippen LogP contribution in [0.3, 0.4) is 0 Å². The fourth-order valence-corrected chi connectivity index (χ4v) is 5.24. The Kier molecular flexibility index (Phi) is 8.25. The van der Waals surface area contributed by atoms with Crippen LogP contribution < -0.4 is 9.47 Å². The Labute approximate surface area is 215 Å². The van der Waals surface area contributed by atoms with Gasteiger partial charge in [0.15, 0.2) is 11.5 Å². The molecule has 2 heterocycles. The molecule has 1 fully saturated rings. The topological polar surface area (TPSA) is 56.6 Å². The number of carbonyl (C=O) groups excluding carboxylic acids is 1. The molecule has 1 amide bonds. The Morgan fingerprint density at radius 1 is 1.03 bits per heavy atom. The first-order valence-corrected chi connectivity index (χ1v) is 12.9. The third-order valence-corrected chi connectivity index (χ3v) is 7.19. The van der Waals surface area contributed by atoms with Crippen LogP contribution in [0.15, 0.2) is 59.6 Å². The molecule has 0 radical (unpaired) electrons. The molecule has 1 aromatic heterocycles. The number of hydrogen-bond acceptors (Lipinski definition) is 6. The van der Waals surface area contributed by atoms with E-state index in [-0.39, 0.29) is 5.91 Å². The third kappa shape index (κ3) is 5.60. The fourth-order valence-electron chi connectivity index (χ4n) is 3.94. The molecule has 6 nitrogen and oxygen atoms in total. The molecule has 2 aromatic carbocycles. The molecule has 1 aliphatic rings. The number of amides is 1. The number of para-hydroxylation sites is 1. The zero-order chi connectivity index (χ0) is 24.8. The number of unbranched alkanes of at least 4 members (excludes halogenated alkanes) is 3. The van der Waals surface area contributed by atoms with Gasteiger partial charge in [-0.3, -0.25) is 9.69 Å². The van der Waals surface area contributed by atoms with Crippen LogP contribution in [-0.2, 0) is 4.79 Å². The van der Waals surface area contributed by atoms with Crippen molar-refractivity contribution in [2.24, 2.45) is 0 Å². The molecule has 182 valence electrons. The quantitative estimate of drug-likeness (QED) is 0.181. The summed E-state index contributed by atoms with van der Waals surface area (Å²) in [4.78, 5) is 15.5. The molecule has 0 N–H and O–H groups in total. The number of aromatic nitrogens is 2. The van der Waals surface area contributed by atoms with Crippen molar-refractivity contribution >= 4 is 40.3 Å². The first kappa shape index (κ1) is 25.0. The molecule has 0 spiro atoms. The summed E-state index contributed by atoms with van der Waals surface area (Å²) in [7, 11) is 3.22. The highest BCUT2D eigenvalue weighted by Crippen LogP contribution is 2.37. The summed E-state index contributed by atoms with van der Waals surface area (Å²) in [6.45, 7) is 2.84. The first-order chi connectivity index (χ1) is 17.0. The SMILES string of the molecule is CCCCCCN1C(=O)C(=Cc2cn(-c3ccccc3)nc2-c2ccc(OC)c(OC)c2)SC1=S. The van der Waals surface area contributed by atoms with Crippen molar-refractivity contribution in [1.82, 2.24) is 14.7 Å². The average molecular weight is 508 g/mol. The van der Waals surface area contributed by atoms with Gasteiger partial charge in [0.2, 0.25) is 0 Å².